The number of piperidine rings is 1. The molecule has 2 saturated heterocycles. The number of aliphatic carboxylic acids is 1. The number of carboxylic acids is 1. The van der Waals surface area contributed by atoms with Crippen molar-refractivity contribution in [3.8, 4) is 0 Å². The molecule has 0 aliphatic carbocycles. The van der Waals surface area contributed by atoms with Crippen LogP contribution in [-0.4, -0.2) is 56.3 Å². The maximum Gasteiger partial charge on any atom is 0.333 e. The monoisotopic (exact) mass is 315 g/mol. The Morgan fingerprint density at radius 2 is 1.90 bits per heavy atom. The van der Waals surface area contributed by atoms with Gasteiger partial charge in [0.25, 0.3) is 0 Å². The second kappa shape index (κ2) is 6.87. The Morgan fingerprint density at radius 1 is 1.29 bits per heavy atom. The van der Waals surface area contributed by atoms with Crippen LogP contribution in [0.1, 0.15) is 46.5 Å². The molecule has 21 heavy (non-hydrogen) atoms. The molecule has 2 rings (SSSR count). The zero-order valence-corrected chi connectivity index (χ0v) is 13.7. The molecule has 6 nitrogen and oxygen atoms in total. The van der Waals surface area contributed by atoms with Crippen LogP contribution in [0.15, 0.2) is 0 Å². The maximum atomic E-state index is 12.6. The zero-order valence-electron chi connectivity index (χ0n) is 12.9. The van der Waals surface area contributed by atoms with Crippen LogP contribution in [0.2, 0.25) is 0 Å². The molecule has 4 atom stereocenters. The van der Waals surface area contributed by atoms with E-state index in [0.29, 0.717) is 5.75 Å². The highest BCUT2D eigenvalue weighted by Gasteiger charge is 2.42. The number of hydrazine groups is 1. The lowest BCUT2D eigenvalue weighted by molar-refractivity contribution is -0.141. The van der Waals surface area contributed by atoms with Gasteiger partial charge in [0.2, 0.25) is 0 Å². The van der Waals surface area contributed by atoms with Crippen LogP contribution in [0.25, 0.3) is 0 Å². The predicted molar refractivity (Wildman–Crippen MR) is 82.9 cm³/mol. The predicted octanol–water partition coefficient (Wildman–Crippen LogP) is 2.11. The molecule has 0 saturated carbocycles. The summed E-state index contributed by atoms with van der Waals surface area (Å²) in [6, 6.07) is -0.428. The lowest BCUT2D eigenvalue weighted by Crippen LogP contribution is -2.59. The summed E-state index contributed by atoms with van der Waals surface area (Å²) in [5.74, 6) is -0.458. The maximum absolute atomic E-state index is 12.6. The molecule has 0 aromatic carbocycles. The minimum atomic E-state index is -0.923. The van der Waals surface area contributed by atoms with Crippen molar-refractivity contribution in [3.05, 3.63) is 0 Å². The van der Waals surface area contributed by atoms with E-state index in [1.807, 2.05) is 11.9 Å². The van der Waals surface area contributed by atoms with E-state index < -0.39 is 12.0 Å². The smallest absolute Gasteiger partial charge is 0.333 e. The van der Waals surface area contributed by atoms with Crippen molar-refractivity contribution >= 4 is 23.8 Å². The molecular formula is C14H25N3O3S. The molecule has 2 heterocycles. The van der Waals surface area contributed by atoms with Crippen molar-refractivity contribution < 1.29 is 14.7 Å². The second-order valence-corrected chi connectivity index (χ2v) is 7.12. The molecular weight excluding hydrogens is 290 g/mol. The van der Waals surface area contributed by atoms with Crippen molar-refractivity contribution in [3.63, 3.8) is 0 Å². The average molecular weight is 315 g/mol. The fourth-order valence-electron chi connectivity index (χ4n) is 3.15. The Kier molecular flexibility index (Phi) is 5.37. The fraction of sp³-hybridized carbons (Fsp3) is 0.857. The topological polar surface area (TPSA) is 72.9 Å². The van der Waals surface area contributed by atoms with Gasteiger partial charge in [-0.3, -0.25) is 10.3 Å². The first-order chi connectivity index (χ1) is 9.95. The van der Waals surface area contributed by atoms with E-state index in [9.17, 15) is 14.7 Å². The van der Waals surface area contributed by atoms with Crippen molar-refractivity contribution in [1.29, 1.82) is 0 Å². The van der Waals surface area contributed by atoms with Crippen molar-refractivity contribution in [2.75, 3.05) is 5.75 Å². The SMILES string of the molecule is CCC1SCC(C(=O)O)N1C(=O)NN1C(C)CCCC1C. The molecule has 2 N–H and O–H groups in total. The minimum absolute atomic E-state index is 0.0542. The molecule has 2 aliphatic heterocycles. The van der Waals surface area contributed by atoms with Gasteiger partial charge in [-0.05, 0) is 33.1 Å². The first-order valence-corrected chi connectivity index (χ1v) is 8.72. The summed E-state index contributed by atoms with van der Waals surface area (Å²) < 4.78 is 0. The van der Waals surface area contributed by atoms with Crippen LogP contribution in [0, 0.1) is 0 Å². The molecule has 7 heteroatoms. The van der Waals surface area contributed by atoms with Gasteiger partial charge in [0.05, 0.1) is 5.37 Å². The quantitative estimate of drug-likeness (QED) is 0.834. The van der Waals surface area contributed by atoms with Gasteiger partial charge in [-0.1, -0.05) is 13.3 Å². The molecule has 0 radical (unpaired) electrons. The summed E-state index contributed by atoms with van der Waals surface area (Å²) in [6.07, 6.45) is 4.04. The lowest BCUT2D eigenvalue weighted by Gasteiger charge is -2.40. The van der Waals surface area contributed by atoms with E-state index in [2.05, 4.69) is 19.3 Å². The Balaban J connectivity index is 2.07. The van der Waals surface area contributed by atoms with Gasteiger partial charge in [-0.15, -0.1) is 11.8 Å². The Bertz CT molecular complexity index is 397. The van der Waals surface area contributed by atoms with Gasteiger partial charge in [0, 0.05) is 17.8 Å². The van der Waals surface area contributed by atoms with E-state index in [0.717, 1.165) is 19.3 Å². The summed E-state index contributed by atoms with van der Waals surface area (Å²) in [5.41, 5.74) is 2.95. The number of hydrogen-bond donors (Lipinski definition) is 2. The third-order valence-corrected chi connectivity index (χ3v) is 5.83. The fourth-order valence-corrected chi connectivity index (χ4v) is 4.50. The lowest BCUT2D eigenvalue weighted by atomic mass is 10.00. The van der Waals surface area contributed by atoms with Gasteiger partial charge >= 0.3 is 12.0 Å². The highest BCUT2D eigenvalue weighted by atomic mass is 32.2. The summed E-state index contributed by atoms with van der Waals surface area (Å²) in [5, 5.41) is 11.2. The van der Waals surface area contributed by atoms with E-state index in [1.54, 1.807) is 11.8 Å². The van der Waals surface area contributed by atoms with Gasteiger partial charge in [-0.2, -0.15) is 0 Å². The Hall–Kier alpha value is -0.950. The summed E-state index contributed by atoms with van der Waals surface area (Å²) in [6.45, 7) is 6.18. The van der Waals surface area contributed by atoms with Crippen molar-refractivity contribution in [2.24, 2.45) is 0 Å². The average Bonchev–Trinajstić information content (AvgIpc) is 2.87. The van der Waals surface area contributed by atoms with Crippen LogP contribution in [-0.2, 0) is 4.79 Å². The van der Waals surface area contributed by atoms with Crippen LogP contribution < -0.4 is 5.43 Å². The number of amides is 2. The Morgan fingerprint density at radius 3 is 2.43 bits per heavy atom. The van der Waals surface area contributed by atoms with Gasteiger partial charge in [0.1, 0.15) is 6.04 Å². The molecule has 2 fully saturated rings. The number of carboxylic acid groups (broad SMARTS) is 1. The summed E-state index contributed by atoms with van der Waals surface area (Å²) >= 11 is 1.54. The number of nitrogens with zero attached hydrogens (tertiary/aromatic N) is 2. The van der Waals surface area contributed by atoms with E-state index in [1.165, 1.54) is 11.3 Å². The first kappa shape index (κ1) is 16.4. The molecule has 4 unspecified atom stereocenters. The number of carbonyl (C=O) groups excluding carboxylic acids is 1. The van der Waals surface area contributed by atoms with Crippen molar-refractivity contribution in [2.45, 2.75) is 70.0 Å². The van der Waals surface area contributed by atoms with Gasteiger partial charge in [0.15, 0.2) is 0 Å². The zero-order chi connectivity index (χ0) is 15.6. The molecule has 0 aromatic heterocycles. The summed E-state index contributed by atoms with van der Waals surface area (Å²) in [7, 11) is 0. The van der Waals surface area contributed by atoms with Gasteiger partial charge < -0.3 is 5.11 Å². The second-order valence-electron chi connectivity index (χ2n) is 5.91. The van der Waals surface area contributed by atoms with E-state index >= 15 is 0 Å². The number of thioether (sulfide) groups is 1. The number of hydrogen-bond acceptors (Lipinski definition) is 4. The number of carbonyl (C=O) groups is 2. The highest BCUT2D eigenvalue weighted by molar-refractivity contribution is 8.00. The van der Waals surface area contributed by atoms with E-state index in [-0.39, 0.29) is 23.5 Å². The third kappa shape index (κ3) is 3.45. The van der Waals surface area contributed by atoms with E-state index in [4.69, 9.17) is 0 Å². The van der Waals surface area contributed by atoms with Gasteiger partial charge in [-0.25, -0.2) is 14.6 Å². The Labute approximate surface area is 130 Å². The first-order valence-electron chi connectivity index (χ1n) is 7.67. The largest absolute Gasteiger partial charge is 0.480 e. The number of nitrogens with one attached hydrogen (secondary N) is 1. The normalized spacial score (nSPS) is 34.0. The van der Waals surface area contributed by atoms with Crippen LogP contribution >= 0.6 is 11.8 Å². The van der Waals surface area contributed by atoms with Crippen molar-refractivity contribution in [1.82, 2.24) is 15.3 Å². The molecule has 0 aromatic rings. The molecule has 120 valence electrons. The van der Waals surface area contributed by atoms with Crippen LogP contribution in [0.5, 0.6) is 0 Å². The number of rotatable bonds is 3. The molecule has 2 amide bonds. The summed E-state index contributed by atoms with van der Waals surface area (Å²) in [4.78, 5) is 25.4. The highest BCUT2D eigenvalue weighted by Crippen LogP contribution is 2.31. The van der Waals surface area contributed by atoms with Crippen LogP contribution in [0.3, 0.4) is 0 Å². The standard InChI is InChI=1S/C14H25N3O3S/c1-4-12-16(11(8-21-12)13(18)19)14(20)15-17-9(2)6-5-7-10(17)3/h9-12H,4-8H2,1-3H3,(H,15,20)(H,18,19). The van der Waals surface area contributed by atoms with Crippen LogP contribution in [0.4, 0.5) is 4.79 Å². The molecule has 0 bridgehead atoms. The minimum Gasteiger partial charge on any atom is -0.480 e. The molecule has 2 aliphatic rings. The number of urea groups is 1. The third-order valence-electron chi connectivity index (χ3n) is 4.38. The molecule has 0 spiro atoms.